The number of sulfone groups is 1. The molecule has 9 heteroatoms. The molecule has 2 unspecified atom stereocenters. The predicted molar refractivity (Wildman–Crippen MR) is 140 cm³/mol. The van der Waals surface area contributed by atoms with Gasteiger partial charge in [0.15, 0.2) is 26.8 Å². The first-order chi connectivity index (χ1) is 17.7. The number of para-hydroxylation sites is 1. The van der Waals surface area contributed by atoms with E-state index in [1.807, 2.05) is 13.0 Å². The summed E-state index contributed by atoms with van der Waals surface area (Å²) in [6.45, 7) is 7.05. The van der Waals surface area contributed by atoms with Gasteiger partial charge in [0.2, 0.25) is 5.76 Å². The highest BCUT2D eigenvalue weighted by molar-refractivity contribution is 7.91. The zero-order chi connectivity index (χ0) is 26.3. The second kappa shape index (κ2) is 9.85. The monoisotopic (exact) mass is 525 g/mol. The number of nitrogens with zero attached hydrogens (tertiary/aromatic N) is 1. The van der Waals surface area contributed by atoms with E-state index in [0.717, 1.165) is 6.42 Å². The Morgan fingerprint density at radius 1 is 1.08 bits per heavy atom. The standard InChI is InChI=1S/C28H31NO7S/c1-4-34-23-15-18(9-10-22(23)35-13-11-17(2)3)25-24-26(30)20-7-5-6-8-21(20)36-27(24)28(31)29(25)19-12-14-37(32,33)16-19/h5-10,15,17,19,25H,4,11-14,16H2,1-3H3. The Hall–Kier alpha value is -3.33. The SMILES string of the molecule is CCOc1cc(C2c3c(oc4ccccc4c3=O)C(=O)N2C2CCS(=O)(=O)C2)ccc1OCCC(C)C. The lowest BCUT2D eigenvalue weighted by atomic mass is 9.97. The fourth-order valence-corrected chi connectivity index (χ4v) is 6.83. The average molecular weight is 526 g/mol. The summed E-state index contributed by atoms with van der Waals surface area (Å²) < 4.78 is 42.5. The summed E-state index contributed by atoms with van der Waals surface area (Å²) in [5, 5.41) is 0.374. The first kappa shape index (κ1) is 25.3. The Morgan fingerprint density at radius 2 is 1.86 bits per heavy atom. The molecule has 0 aliphatic carbocycles. The summed E-state index contributed by atoms with van der Waals surface area (Å²) in [6, 6.07) is 10.8. The van der Waals surface area contributed by atoms with E-state index < -0.39 is 27.8 Å². The van der Waals surface area contributed by atoms with E-state index in [9.17, 15) is 18.0 Å². The highest BCUT2D eigenvalue weighted by atomic mass is 32.2. The van der Waals surface area contributed by atoms with Gasteiger partial charge in [-0.3, -0.25) is 9.59 Å². The minimum atomic E-state index is -3.29. The molecule has 37 heavy (non-hydrogen) atoms. The maximum Gasteiger partial charge on any atom is 0.291 e. The number of fused-ring (bicyclic) bond motifs is 2. The number of hydrogen-bond donors (Lipinski definition) is 0. The molecule has 3 aromatic rings. The van der Waals surface area contributed by atoms with Gasteiger partial charge in [-0.15, -0.1) is 0 Å². The molecule has 2 atom stereocenters. The maximum atomic E-state index is 13.7. The molecule has 8 nitrogen and oxygen atoms in total. The van der Waals surface area contributed by atoms with Gasteiger partial charge >= 0.3 is 0 Å². The molecule has 2 aliphatic rings. The van der Waals surface area contributed by atoms with E-state index in [-0.39, 0.29) is 28.3 Å². The molecule has 1 fully saturated rings. The quantitative estimate of drug-likeness (QED) is 0.431. The lowest BCUT2D eigenvalue weighted by Gasteiger charge is -2.30. The molecule has 0 N–H and O–H groups in total. The Balaban J connectivity index is 1.64. The van der Waals surface area contributed by atoms with Gasteiger partial charge in [-0.05, 0) is 55.5 Å². The highest BCUT2D eigenvalue weighted by Crippen LogP contribution is 2.43. The predicted octanol–water partition coefficient (Wildman–Crippen LogP) is 4.35. The van der Waals surface area contributed by atoms with Gasteiger partial charge in [-0.1, -0.05) is 32.0 Å². The van der Waals surface area contributed by atoms with E-state index in [0.29, 0.717) is 53.6 Å². The van der Waals surface area contributed by atoms with Crippen molar-refractivity contribution in [2.45, 2.75) is 45.7 Å². The van der Waals surface area contributed by atoms with Crippen molar-refractivity contribution >= 4 is 26.7 Å². The van der Waals surface area contributed by atoms with Crippen molar-refractivity contribution in [1.82, 2.24) is 4.90 Å². The fraction of sp³-hybridized carbons (Fsp3) is 0.429. The minimum Gasteiger partial charge on any atom is -0.490 e. The summed E-state index contributed by atoms with van der Waals surface area (Å²) >= 11 is 0. The third kappa shape index (κ3) is 4.72. The second-order valence-corrected chi connectivity index (χ2v) is 12.2. The van der Waals surface area contributed by atoms with Crippen molar-refractivity contribution in [2.75, 3.05) is 24.7 Å². The smallest absolute Gasteiger partial charge is 0.291 e. The topological polar surface area (TPSA) is 103 Å². The number of amides is 1. The number of hydrogen-bond acceptors (Lipinski definition) is 7. The average Bonchev–Trinajstić information content (AvgIpc) is 3.36. The molecule has 1 aromatic heterocycles. The maximum absolute atomic E-state index is 13.7. The van der Waals surface area contributed by atoms with Gasteiger partial charge in [-0.25, -0.2) is 8.42 Å². The van der Waals surface area contributed by atoms with Crippen molar-refractivity contribution in [2.24, 2.45) is 5.92 Å². The Bertz CT molecular complexity index is 1510. The molecule has 5 rings (SSSR count). The number of benzene rings is 2. The second-order valence-electron chi connectivity index (χ2n) is 10.0. The van der Waals surface area contributed by atoms with Crippen LogP contribution in [0.1, 0.15) is 61.3 Å². The first-order valence-electron chi connectivity index (χ1n) is 12.7. The Morgan fingerprint density at radius 3 is 2.57 bits per heavy atom. The van der Waals surface area contributed by atoms with Crippen LogP contribution in [0.5, 0.6) is 11.5 Å². The molecule has 0 bridgehead atoms. The van der Waals surface area contributed by atoms with Crippen LogP contribution in [0.3, 0.4) is 0 Å². The molecular weight excluding hydrogens is 494 g/mol. The zero-order valence-electron chi connectivity index (χ0n) is 21.2. The molecule has 2 aromatic carbocycles. The molecule has 0 spiro atoms. The molecular formula is C28H31NO7S. The summed E-state index contributed by atoms with van der Waals surface area (Å²) in [5.41, 5.74) is 0.888. The molecule has 1 saturated heterocycles. The fourth-order valence-electron chi connectivity index (χ4n) is 5.12. The molecule has 196 valence electrons. The van der Waals surface area contributed by atoms with E-state index in [2.05, 4.69) is 13.8 Å². The van der Waals surface area contributed by atoms with Gasteiger partial charge in [-0.2, -0.15) is 0 Å². The van der Waals surface area contributed by atoms with Gasteiger partial charge in [0.1, 0.15) is 5.58 Å². The third-order valence-corrected chi connectivity index (χ3v) is 8.70. The van der Waals surface area contributed by atoms with Gasteiger partial charge < -0.3 is 18.8 Å². The van der Waals surface area contributed by atoms with Crippen molar-refractivity contribution in [3.05, 3.63) is 69.6 Å². The number of carbonyl (C=O) groups is 1. The van der Waals surface area contributed by atoms with Crippen LogP contribution in [0.25, 0.3) is 11.0 Å². The summed E-state index contributed by atoms with van der Waals surface area (Å²) in [6.07, 6.45) is 1.19. The van der Waals surface area contributed by atoms with Gasteiger partial charge in [0.05, 0.1) is 41.7 Å². The number of carbonyl (C=O) groups excluding carboxylic acids is 1. The van der Waals surface area contributed by atoms with E-state index >= 15 is 0 Å². The van der Waals surface area contributed by atoms with Crippen LogP contribution in [0.2, 0.25) is 0 Å². The molecule has 2 aliphatic heterocycles. The van der Waals surface area contributed by atoms with Crippen molar-refractivity contribution < 1.29 is 27.1 Å². The lowest BCUT2D eigenvalue weighted by Crippen LogP contribution is -2.40. The zero-order valence-corrected chi connectivity index (χ0v) is 22.0. The normalized spacial score (nSPS) is 20.5. The summed E-state index contributed by atoms with van der Waals surface area (Å²) in [7, 11) is -3.29. The number of ether oxygens (including phenoxy) is 2. The third-order valence-electron chi connectivity index (χ3n) is 6.95. The first-order valence-corrected chi connectivity index (χ1v) is 14.5. The minimum absolute atomic E-state index is 0.000682. The lowest BCUT2D eigenvalue weighted by molar-refractivity contribution is 0.0662. The molecule has 3 heterocycles. The van der Waals surface area contributed by atoms with Crippen LogP contribution < -0.4 is 14.9 Å². The van der Waals surface area contributed by atoms with E-state index in [4.69, 9.17) is 13.9 Å². The van der Waals surface area contributed by atoms with Gasteiger partial charge in [0.25, 0.3) is 5.91 Å². The summed E-state index contributed by atoms with van der Waals surface area (Å²) in [5.74, 6) is 0.923. The largest absolute Gasteiger partial charge is 0.490 e. The van der Waals surface area contributed by atoms with E-state index in [1.54, 1.807) is 36.4 Å². The highest BCUT2D eigenvalue weighted by Gasteiger charge is 2.48. The van der Waals surface area contributed by atoms with Crippen molar-refractivity contribution in [3.8, 4) is 11.5 Å². The Labute approximate surface area is 216 Å². The molecule has 1 amide bonds. The van der Waals surface area contributed by atoms with E-state index in [1.165, 1.54) is 4.90 Å². The van der Waals surface area contributed by atoms with Crippen LogP contribution in [0, 0.1) is 5.92 Å². The Kier molecular flexibility index (Phi) is 6.74. The van der Waals surface area contributed by atoms with Crippen molar-refractivity contribution in [1.29, 1.82) is 0 Å². The van der Waals surface area contributed by atoms with Crippen LogP contribution in [-0.4, -0.2) is 50.0 Å². The van der Waals surface area contributed by atoms with Crippen LogP contribution in [0.4, 0.5) is 0 Å². The van der Waals surface area contributed by atoms with Gasteiger partial charge in [0, 0.05) is 6.04 Å². The van der Waals surface area contributed by atoms with Crippen LogP contribution in [0.15, 0.2) is 51.7 Å². The van der Waals surface area contributed by atoms with Crippen molar-refractivity contribution in [3.63, 3.8) is 0 Å². The van der Waals surface area contributed by atoms with Crippen LogP contribution >= 0.6 is 0 Å². The number of rotatable bonds is 8. The van der Waals surface area contributed by atoms with Crippen LogP contribution in [-0.2, 0) is 9.84 Å². The molecule has 0 radical (unpaired) electrons. The molecule has 0 saturated carbocycles. The summed E-state index contributed by atoms with van der Waals surface area (Å²) in [4.78, 5) is 28.9.